The minimum atomic E-state index is -0.791. The standard InChI is InChI=1S/C13H14N2O3/c16-13(17)10-6-8(3-5-14-10)9-7-18-11-2-1-4-15-12(9)11/h1-2,4,7-8,10,14H,3,5-6H2,(H,16,17). The number of carboxylic acids is 1. The minimum Gasteiger partial charge on any atom is -0.480 e. The Labute approximate surface area is 104 Å². The molecule has 2 aromatic heterocycles. The molecule has 0 aromatic carbocycles. The van der Waals surface area contributed by atoms with Crippen LogP contribution in [0.3, 0.4) is 0 Å². The third kappa shape index (κ3) is 1.86. The lowest BCUT2D eigenvalue weighted by Crippen LogP contribution is -2.42. The molecule has 2 N–H and O–H groups in total. The Balaban J connectivity index is 1.92. The van der Waals surface area contributed by atoms with Crippen LogP contribution in [0.25, 0.3) is 11.1 Å². The van der Waals surface area contributed by atoms with Gasteiger partial charge in [-0.15, -0.1) is 0 Å². The summed E-state index contributed by atoms with van der Waals surface area (Å²) in [6.45, 7) is 0.709. The van der Waals surface area contributed by atoms with E-state index >= 15 is 0 Å². The van der Waals surface area contributed by atoms with Crippen LogP contribution in [0.5, 0.6) is 0 Å². The zero-order chi connectivity index (χ0) is 12.5. The number of rotatable bonds is 2. The molecule has 3 heterocycles. The molecular weight excluding hydrogens is 232 g/mol. The molecule has 1 aliphatic heterocycles. The molecule has 2 aromatic rings. The van der Waals surface area contributed by atoms with Crippen LogP contribution in [-0.4, -0.2) is 28.6 Å². The van der Waals surface area contributed by atoms with Gasteiger partial charge >= 0.3 is 5.97 Å². The fourth-order valence-corrected chi connectivity index (χ4v) is 2.56. The number of carbonyl (C=O) groups is 1. The smallest absolute Gasteiger partial charge is 0.320 e. The molecular formula is C13H14N2O3. The first kappa shape index (κ1) is 11.2. The van der Waals surface area contributed by atoms with Crippen molar-refractivity contribution < 1.29 is 14.3 Å². The van der Waals surface area contributed by atoms with E-state index in [1.54, 1.807) is 12.5 Å². The molecule has 94 valence electrons. The van der Waals surface area contributed by atoms with Crippen molar-refractivity contribution in [2.45, 2.75) is 24.8 Å². The van der Waals surface area contributed by atoms with Crippen LogP contribution < -0.4 is 5.32 Å². The van der Waals surface area contributed by atoms with Gasteiger partial charge in [0.25, 0.3) is 0 Å². The number of nitrogens with zero attached hydrogens (tertiary/aromatic N) is 1. The molecule has 3 rings (SSSR count). The quantitative estimate of drug-likeness (QED) is 0.844. The second-order valence-electron chi connectivity index (χ2n) is 4.61. The van der Waals surface area contributed by atoms with E-state index in [1.807, 2.05) is 12.1 Å². The predicted octanol–water partition coefficient (Wildman–Crippen LogP) is 1.75. The molecule has 0 aliphatic carbocycles. The molecule has 1 fully saturated rings. The number of furan rings is 1. The first-order chi connectivity index (χ1) is 8.75. The van der Waals surface area contributed by atoms with Gasteiger partial charge in [-0.25, -0.2) is 0 Å². The maximum absolute atomic E-state index is 11.0. The van der Waals surface area contributed by atoms with E-state index in [-0.39, 0.29) is 5.92 Å². The highest BCUT2D eigenvalue weighted by Gasteiger charge is 2.29. The van der Waals surface area contributed by atoms with Crippen molar-refractivity contribution in [3.63, 3.8) is 0 Å². The van der Waals surface area contributed by atoms with Gasteiger partial charge < -0.3 is 14.8 Å². The lowest BCUT2D eigenvalue weighted by atomic mass is 9.87. The summed E-state index contributed by atoms with van der Waals surface area (Å²) in [7, 11) is 0. The van der Waals surface area contributed by atoms with Gasteiger partial charge in [0.15, 0.2) is 5.58 Å². The zero-order valence-corrected chi connectivity index (χ0v) is 9.80. The number of pyridine rings is 1. The number of nitrogens with one attached hydrogen (secondary N) is 1. The van der Waals surface area contributed by atoms with Crippen molar-refractivity contribution >= 4 is 17.1 Å². The molecule has 0 spiro atoms. The van der Waals surface area contributed by atoms with E-state index in [1.165, 1.54) is 0 Å². The Bertz CT molecular complexity index is 578. The van der Waals surface area contributed by atoms with Crippen molar-refractivity contribution in [1.29, 1.82) is 0 Å². The normalized spacial score (nSPS) is 24.2. The summed E-state index contributed by atoms with van der Waals surface area (Å²) in [4.78, 5) is 15.4. The molecule has 0 radical (unpaired) electrons. The second-order valence-corrected chi connectivity index (χ2v) is 4.61. The van der Waals surface area contributed by atoms with E-state index in [0.29, 0.717) is 13.0 Å². The van der Waals surface area contributed by atoms with Crippen molar-refractivity contribution in [2.75, 3.05) is 6.54 Å². The Kier molecular flexibility index (Phi) is 2.76. The summed E-state index contributed by atoms with van der Waals surface area (Å²) in [6, 6.07) is 3.23. The molecule has 1 saturated heterocycles. The van der Waals surface area contributed by atoms with Crippen LogP contribution in [0.2, 0.25) is 0 Å². The third-order valence-electron chi connectivity index (χ3n) is 3.50. The molecule has 2 unspecified atom stereocenters. The second kappa shape index (κ2) is 4.42. The molecule has 5 heteroatoms. The lowest BCUT2D eigenvalue weighted by Gasteiger charge is -2.27. The van der Waals surface area contributed by atoms with Gasteiger partial charge in [0.1, 0.15) is 11.6 Å². The summed E-state index contributed by atoms with van der Waals surface area (Å²) in [5, 5.41) is 12.1. The fraction of sp³-hybridized carbons (Fsp3) is 0.385. The monoisotopic (exact) mass is 246 g/mol. The minimum absolute atomic E-state index is 0.198. The predicted molar refractivity (Wildman–Crippen MR) is 65.4 cm³/mol. The van der Waals surface area contributed by atoms with Crippen LogP contribution in [0.4, 0.5) is 0 Å². The van der Waals surface area contributed by atoms with E-state index in [9.17, 15) is 4.79 Å². The van der Waals surface area contributed by atoms with Gasteiger partial charge in [0.2, 0.25) is 0 Å². The van der Waals surface area contributed by atoms with Gasteiger partial charge in [-0.1, -0.05) is 0 Å². The first-order valence-corrected chi connectivity index (χ1v) is 6.04. The van der Waals surface area contributed by atoms with Crippen molar-refractivity contribution in [1.82, 2.24) is 10.3 Å². The van der Waals surface area contributed by atoms with E-state index < -0.39 is 12.0 Å². The third-order valence-corrected chi connectivity index (χ3v) is 3.50. The Morgan fingerprint density at radius 2 is 2.44 bits per heavy atom. The number of hydrogen-bond acceptors (Lipinski definition) is 4. The van der Waals surface area contributed by atoms with Crippen LogP contribution >= 0.6 is 0 Å². The van der Waals surface area contributed by atoms with Gasteiger partial charge in [-0.2, -0.15) is 0 Å². The maximum Gasteiger partial charge on any atom is 0.320 e. The fourth-order valence-electron chi connectivity index (χ4n) is 2.56. The van der Waals surface area contributed by atoms with Crippen molar-refractivity contribution in [3.05, 3.63) is 30.2 Å². The molecule has 2 atom stereocenters. The molecule has 1 aliphatic rings. The summed E-state index contributed by atoms with van der Waals surface area (Å²) in [5.74, 6) is -0.594. The number of hydrogen-bond donors (Lipinski definition) is 2. The Morgan fingerprint density at radius 3 is 3.28 bits per heavy atom. The average molecular weight is 246 g/mol. The SMILES string of the molecule is O=C(O)C1CC(c2coc3cccnc23)CCN1. The highest BCUT2D eigenvalue weighted by atomic mass is 16.4. The van der Waals surface area contributed by atoms with E-state index in [0.717, 1.165) is 23.1 Å². The number of aliphatic carboxylic acids is 1. The zero-order valence-electron chi connectivity index (χ0n) is 9.80. The van der Waals surface area contributed by atoms with Gasteiger partial charge in [0.05, 0.1) is 6.26 Å². The molecule has 0 bridgehead atoms. The first-order valence-electron chi connectivity index (χ1n) is 6.04. The maximum atomic E-state index is 11.0. The summed E-state index contributed by atoms with van der Waals surface area (Å²) >= 11 is 0. The Morgan fingerprint density at radius 1 is 1.56 bits per heavy atom. The molecule has 0 saturated carbocycles. The van der Waals surface area contributed by atoms with Crippen LogP contribution in [0.15, 0.2) is 29.0 Å². The highest BCUT2D eigenvalue weighted by molar-refractivity contribution is 5.77. The topological polar surface area (TPSA) is 75.4 Å². The molecule has 18 heavy (non-hydrogen) atoms. The van der Waals surface area contributed by atoms with E-state index in [2.05, 4.69) is 10.3 Å². The lowest BCUT2D eigenvalue weighted by molar-refractivity contribution is -0.140. The summed E-state index contributed by atoms with van der Waals surface area (Å²) < 4.78 is 5.47. The summed E-state index contributed by atoms with van der Waals surface area (Å²) in [5.41, 5.74) is 2.64. The highest BCUT2D eigenvalue weighted by Crippen LogP contribution is 2.33. The van der Waals surface area contributed by atoms with Crippen LogP contribution in [-0.2, 0) is 4.79 Å². The largest absolute Gasteiger partial charge is 0.480 e. The number of piperidine rings is 1. The van der Waals surface area contributed by atoms with Crippen LogP contribution in [0.1, 0.15) is 24.3 Å². The number of fused-ring (bicyclic) bond motifs is 1. The van der Waals surface area contributed by atoms with Crippen molar-refractivity contribution in [2.24, 2.45) is 0 Å². The molecule has 0 amide bonds. The Hall–Kier alpha value is -1.88. The van der Waals surface area contributed by atoms with Crippen molar-refractivity contribution in [3.8, 4) is 0 Å². The number of carboxylic acid groups (broad SMARTS) is 1. The van der Waals surface area contributed by atoms with Gasteiger partial charge in [-0.3, -0.25) is 9.78 Å². The van der Waals surface area contributed by atoms with Crippen LogP contribution in [0, 0.1) is 0 Å². The summed E-state index contributed by atoms with van der Waals surface area (Å²) in [6.07, 6.45) is 4.94. The molecule has 5 nitrogen and oxygen atoms in total. The van der Waals surface area contributed by atoms with Gasteiger partial charge in [-0.05, 0) is 37.4 Å². The van der Waals surface area contributed by atoms with Gasteiger partial charge in [0, 0.05) is 11.8 Å². The van der Waals surface area contributed by atoms with E-state index in [4.69, 9.17) is 9.52 Å². The number of aromatic nitrogens is 1. The average Bonchev–Trinajstić information content (AvgIpc) is 2.82.